The Morgan fingerprint density at radius 2 is 1.25 bits per heavy atom. The average Bonchev–Trinajstić information content (AvgIpc) is 2.04. The highest BCUT2D eigenvalue weighted by Crippen LogP contribution is 2.45. The highest BCUT2D eigenvalue weighted by atomic mass is 35.6. The first-order chi connectivity index (χ1) is 8.43. The first kappa shape index (κ1) is 21.8. The van der Waals surface area contributed by atoms with E-state index in [0.717, 1.165) is 6.04 Å². The summed E-state index contributed by atoms with van der Waals surface area (Å²) in [5, 5.41) is 1.35. The zero-order chi connectivity index (χ0) is 16.6. The lowest BCUT2D eigenvalue weighted by Gasteiger charge is -2.37. The van der Waals surface area contributed by atoms with Crippen LogP contribution in [0.15, 0.2) is 10.9 Å². The van der Waals surface area contributed by atoms with E-state index < -0.39 is 29.5 Å². The molecule has 0 amide bonds. The van der Waals surface area contributed by atoms with Gasteiger partial charge in [-0.05, 0) is 11.6 Å². The van der Waals surface area contributed by atoms with Gasteiger partial charge >= 0.3 is 0 Å². The minimum absolute atomic E-state index is 0.341. The summed E-state index contributed by atoms with van der Waals surface area (Å²) in [5.41, 5.74) is 2.63. The SMILES string of the molecule is C[Si](C)(Cl)C=C(C(C[Si](C)(C)Cl)[Si](C)(C)Cl)[Si](C)(C)Cl. The standard InChI is InChI=1S/C12H28Cl4Si4/c1-17(2,13)9-11(19(5,6)15)12(20(7,8)16)10-18(3,4)14/h9,12H,10H2,1-8H3. The predicted molar refractivity (Wildman–Crippen MR) is 110 cm³/mol. The van der Waals surface area contributed by atoms with Gasteiger partial charge in [-0.1, -0.05) is 63.3 Å². The van der Waals surface area contributed by atoms with Gasteiger partial charge in [0.25, 0.3) is 0 Å². The molecule has 0 aromatic carbocycles. The predicted octanol–water partition coefficient (Wildman–Crippen LogP) is 7.14. The van der Waals surface area contributed by atoms with Crippen LogP contribution in [0.5, 0.6) is 0 Å². The third-order valence-electron chi connectivity index (χ3n) is 3.08. The molecular weight excluding hydrogens is 398 g/mol. The Labute approximate surface area is 148 Å². The van der Waals surface area contributed by atoms with Crippen LogP contribution in [0.25, 0.3) is 0 Å². The van der Waals surface area contributed by atoms with Crippen molar-refractivity contribution in [1.29, 1.82) is 0 Å². The number of hydrogen-bond acceptors (Lipinski definition) is 0. The van der Waals surface area contributed by atoms with E-state index in [2.05, 4.69) is 58.1 Å². The molecule has 8 heteroatoms. The number of halogens is 4. The minimum Gasteiger partial charge on any atom is -0.168 e. The first-order valence-corrected chi connectivity index (χ1v) is 23.3. The molecule has 0 fully saturated rings. The van der Waals surface area contributed by atoms with Gasteiger partial charge in [-0.3, -0.25) is 0 Å². The van der Waals surface area contributed by atoms with Gasteiger partial charge in [-0.2, -0.15) is 44.3 Å². The van der Waals surface area contributed by atoms with Crippen molar-refractivity contribution in [2.45, 2.75) is 64.0 Å². The summed E-state index contributed by atoms with van der Waals surface area (Å²) in [4.78, 5) is 0. The fraction of sp³-hybridized carbons (Fsp3) is 0.833. The normalized spacial score (nSPS) is 17.3. The molecule has 0 heterocycles. The molecule has 120 valence electrons. The van der Waals surface area contributed by atoms with Crippen molar-refractivity contribution in [2.24, 2.45) is 0 Å². The lowest BCUT2D eigenvalue weighted by atomic mass is 10.4. The summed E-state index contributed by atoms with van der Waals surface area (Å²) in [5.74, 6) is 0. The molecule has 0 spiro atoms. The van der Waals surface area contributed by atoms with Crippen molar-refractivity contribution in [1.82, 2.24) is 0 Å². The monoisotopic (exact) mass is 424 g/mol. The lowest BCUT2D eigenvalue weighted by molar-refractivity contribution is 1.08. The van der Waals surface area contributed by atoms with Gasteiger partial charge in [-0.25, -0.2) is 0 Å². The molecule has 0 saturated heterocycles. The smallest absolute Gasteiger partial charge is 0.168 e. The summed E-state index contributed by atoms with van der Waals surface area (Å²) in [6, 6.07) is 0.994. The Kier molecular flexibility index (Phi) is 7.75. The molecule has 0 aliphatic carbocycles. The van der Waals surface area contributed by atoms with Crippen LogP contribution in [0, 0.1) is 0 Å². The number of rotatable bonds is 6. The molecule has 0 N–H and O–H groups in total. The van der Waals surface area contributed by atoms with Gasteiger partial charge in [0.05, 0.1) is 0 Å². The Morgan fingerprint density at radius 1 is 0.850 bits per heavy atom. The highest BCUT2D eigenvalue weighted by molar-refractivity contribution is 7.28. The molecule has 0 aliphatic rings. The van der Waals surface area contributed by atoms with E-state index in [4.69, 9.17) is 44.3 Å². The van der Waals surface area contributed by atoms with E-state index in [-0.39, 0.29) is 0 Å². The third-order valence-corrected chi connectivity index (χ3v) is 12.7. The van der Waals surface area contributed by atoms with Crippen LogP contribution in [0.3, 0.4) is 0 Å². The van der Waals surface area contributed by atoms with Gasteiger partial charge < -0.3 is 0 Å². The van der Waals surface area contributed by atoms with Gasteiger partial charge in [0.2, 0.25) is 0 Å². The highest BCUT2D eigenvalue weighted by Gasteiger charge is 2.43. The second-order valence-corrected chi connectivity index (χ2v) is 34.0. The maximum Gasteiger partial charge on any atom is 0.176 e. The molecule has 0 saturated carbocycles. The summed E-state index contributed by atoms with van der Waals surface area (Å²) < 4.78 is 0. The van der Waals surface area contributed by atoms with Crippen molar-refractivity contribution < 1.29 is 0 Å². The molecule has 1 atom stereocenters. The fourth-order valence-corrected chi connectivity index (χ4v) is 18.6. The third kappa shape index (κ3) is 9.03. The van der Waals surface area contributed by atoms with E-state index in [1.54, 1.807) is 0 Å². The van der Waals surface area contributed by atoms with Crippen LogP contribution in [-0.2, 0) is 0 Å². The van der Waals surface area contributed by atoms with Gasteiger partial charge in [0.15, 0.2) is 29.5 Å². The zero-order valence-electron chi connectivity index (χ0n) is 13.9. The summed E-state index contributed by atoms with van der Waals surface area (Å²) in [7, 11) is -7.45. The Hall–Kier alpha value is 1.77. The van der Waals surface area contributed by atoms with Gasteiger partial charge in [0.1, 0.15) is 0 Å². The van der Waals surface area contributed by atoms with Crippen molar-refractivity contribution in [2.75, 3.05) is 0 Å². The molecule has 1 unspecified atom stereocenters. The quantitative estimate of drug-likeness (QED) is 0.313. The van der Waals surface area contributed by atoms with Crippen molar-refractivity contribution in [3.8, 4) is 0 Å². The molecule has 0 radical (unpaired) electrons. The zero-order valence-corrected chi connectivity index (χ0v) is 20.9. The molecule has 20 heavy (non-hydrogen) atoms. The largest absolute Gasteiger partial charge is 0.176 e. The van der Waals surface area contributed by atoms with Crippen LogP contribution in [0.1, 0.15) is 0 Å². The van der Waals surface area contributed by atoms with E-state index in [1.807, 2.05) is 0 Å². The molecule has 0 aromatic heterocycles. The average molecular weight is 427 g/mol. The topological polar surface area (TPSA) is 0 Å². The van der Waals surface area contributed by atoms with Crippen molar-refractivity contribution in [3.05, 3.63) is 10.9 Å². The van der Waals surface area contributed by atoms with Crippen LogP contribution < -0.4 is 0 Å². The molecule has 0 nitrogen and oxygen atoms in total. The summed E-state index contributed by atoms with van der Waals surface area (Å²) >= 11 is 26.8. The lowest BCUT2D eigenvalue weighted by Crippen LogP contribution is -2.40. The molecule has 0 rings (SSSR count). The van der Waals surface area contributed by atoms with Crippen molar-refractivity contribution >= 4 is 73.9 Å². The Bertz CT molecular complexity index is 356. The van der Waals surface area contributed by atoms with E-state index in [9.17, 15) is 0 Å². The van der Waals surface area contributed by atoms with E-state index in [1.165, 1.54) is 5.20 Å². The second kappa shape index (κ2) is 7.12. The Morgan fingerprint density at radius 3 is 1.45 bits per heavy atom. The van der Waals surface area contributed by atoms with Crippen LogP contribution in [0.4, 0.5) is 0 Å². The van der Waals surface area contributed by atoms with E-state index >= 15 is 0 Å². The Balaban J connectivity index is 5.87. The minimum atomic E-state index is -1.97. The van der Waals surface area contributed by atoms with Crippen molar-refractivity contribution in [3.63, 3.8) is 0 Å². The number of allylic oxidation sites excluding steroid dienone is 1. The van der Waals surface area contributed by atoms with Gasteiger partial charge in [0, 0.05) is 0 Å². The number of hydrogen-bond donors (Lipinski definition) is 0. The summed E-state index contributed by atoms with van der Waals surface area (Å²) in [6.45, 7) is 17.4. The fourth-order valence-electron chi connectivity index (χ4n) is 2.26. The second-order valence-electron chi connectivity index (χ2n) is 7.68. The van der Waals surface area contributed by atoms with Crippen LogP contribution in [0.2, 0.25) is 64.0 Å². The van der Waals surface area contributed by atoms with Crippen LogP contribution in [-0.4, -0.2) is 29.5 Å². The summed E-state index contributed by atoms with van der Waals surface area (Å²) in [6.07, 6.45) is 0. The molecule has 0 aliphatic heterocycles. The molecule has 0 aromatic rings. The van der Waals surface area contributed by atoms with Gasteiger partial charge in [-0.15, -0.1) is 0 Å². The maximum absolute atomic E-state index is 6.83. The van der Waals surface area contributed by atoms with Crippen LogP contribution >= 0.6 is 44.3 Å². The molecule has 0 bridgehead atoms. The first-order valence-electron chi connectivity index (χ1n) is 6.92. The maximum atomic E-state index is 6.83. The van der Waals surface area contributed by atoms with E-state index in [0.29, 0.717) is 5.54 Å². The molecular formula is C12H28Cl4Si4.